The van der Waals surface area contributed by atoms with Gasteiger partial charge in [0.2, 0.25) is 5.95 Å². The molecule has 1 N–H and O–H groups in total. The Morgan fingerprint density at radius 3 is 2.95 bits per heavy atom. The lowest BCUT2D eigenvalue weighted by molar-refractivity contribution is 0.579. The number of rotatable bonds is 4. The fourth-order valence-corrected chi connectivity index (χ4v) is 3.00. The van der Waals surface area contributed by atoms with E-state index in [1.54, 1.807) is 0 Å². The Kier molecular flexibility index (Phi) is 3.51. The highest BCUT2D eigenvalue weighted by atomic mass is 15.2. The highest BCUT2D eigenvalue weighted by molar-refractivity contribution is 5.39. The van der Waals surface area contributed by atoms with Gasteiger partial charge in [-0.25, -0.2) is 4.98 Å². The van der Waals surface area contributed by atoms with Crippen molar-refractivity contribution < 1.29 is 0 Å². The van der Waals surface area contributed by atoms with Crippen LogP contribution in [-0.4, -0.2) is 16.1 Å². The summed E-state index contributed by atoms with van der Waals surface area (Å²) >= 11 is 0. The van der Waals surface area contributed by atoms with E-state index in [1.165, 1.54) is 24.0 Å². The molecule has 106 valence electrons. The summed E-state index contributed by atoms with van der Waals surface area (Å²) in [6.45, 7) is 7.47. The number of imidazole rings is 1. The molecule has 2 aromatic rings. The van der Waals surface area contributed by atoms with Gasteiger partial charge in [-0.1, -0.05) is 38.1 Å². The standard InChI is InChI=1S/C17H23N3/c1-12(2)10-18-17-19-13(3)11-20(17)16-9-8-14-6-4-5-7-15(14)16/h4-7,11-12,16H,8-10H2,1-3H3,(H,18,19). The second-order valence-electron chi connectivity index (χ2n) is 6.14. The normalized spacial score (nSPS) is 17.5. The van der Waals surface area contributed by atoms with Crippen LogP contribution in [0.25, 0.3) is 0 Å². The van der Waals surface area contributed by atoms with Crippen molar-refractivity contribution in [1.82, 2.24) is 9.55 Å². The first-order valence-electron chi connectivity index (χ1n) is 7.52. The minimum absolute atomic E-state index is 0.432. The van der Waals surface area contributed by atoms with Crippen molar-refractivity contribution in [1.29, 1.82) is 0 Å². The van der Waals surface area contributed by atoms with Crippen molar-refractivity contribution in [3.05, 3.63) is 47.3 Å². The van der Waals surface area contributed by atoms with Crippen LogP contribution in [0.1, 0.15) is 43.1 Å². The molecule has 3 rings (SSSR count). The maximum atomic E-state index is 4.65. The van der Waals surface area contributed by atoms with Crippen molar-refractivity contribution in [2.24, 2.45) is 5.92 Å². The van der Waals surface area contributed by atoms with Gasteiger partial charge in [0.25, 0.3) is 0 Å². The summed E-state index contributed by atoms with van der Waals surface area (Å²) in [5, 5.41) is 3.49. The first-order valence-corrected chi connectivity index (χ1v) is 7.52. The van der Waals surface area contributed by atoms with Crippen LogP contribution in [0.2, 0.25) is 0 Å². The highest BCUT2D eigenvalue weighted by Crippen LogP contribution is 2.36. The number of aromatic nitrogens is 2. The minimum atomic E-state index is 0.432. The number of anilines is 1. The zero-order valence-electron chi connectivity index (χ0n) is 12.6. The quantitative estimate of drug-likeness (QED) is 0.915. The molecule has 0 spiro atoms. The first-order chi connectivity index (χ1) is 9.65. The van der Waals surface area contributed by atoms with Gasteiger partial charge < -0.3 is 9.88 Å². The minimum Gasteiger partial charge on any atom is -0.355 e. The highest BCUT2D eigenvalue weighted by Gasteiger charge is 2.25. The molecule has 0 amide bonds. The Morgan fingerprint density at radius 2 is 2.15 bits per heavy atom. The van der Waals surface area contributed by atoms with Crippen molar-refractivity contribution >= 4 is 5.95 Å². The average molecular weight is 269 g/mol. The molecule has 1 atom stereocenters. The zero-order chi connectivity index (χ0) is 14.1. The maximum Gasteiger partial charge on any atom is 0.203 e. The molecule has 3 nitrogen and oxygen atoms in total. The van der Waals surface area contributed by atoms with E-state index in [2.05, 4.69) is 66.1 Å². The summed E-state index contributed by atoms with van der Waals surface area (Å²) in [6, 6.07) is 9.22. The Balaban J connectivity index is 1.91. The molecule has 1 aromatic carbocycles. The predicted molar refractivity (Wildman–Crippen MR) is 83.2 cm³/mol. The van der Waals surface area contributed by atoms with Crippen molar-refractivity contribution in [2.45, 2.75) is 39.7 Å². The molecule has 0 saturated carbocycles. The molecule has 0 radical (unpaired) electrons. The predicted octanol–water partition coefficient (Wildman–Crippen LogP) is 3.80. The number of fused-ring (bicyclic) bond motifs is 1. The van der Waals surface area contributed by atoms with Crippen LogP contribution in [0.4, 0.5) is 5.95 Å². The SMILES string of the molecule is Cc1cn(C2CCc3ccccc32)c(NCC(C)C)n1. The second-order valence-corrected chi connectivity index (χ2v) is 6.14. The van der Waals surface area contributed by atoms with Crippen LogP contribution in [0, 0.1) is 12.8 Å². The topological polar surface area (TPSA) is 29.9 Å². The summed E-state index contributed by atoms with van der Waals surface area (Å²) in [6.07, 6.45) is 4.52. The Bertz CT molecular complexity index is 598. The molecule has 1 unspecified atom stereocenters. The van der Waals surface area contributed by atoms with Crippen molar-refractivity contribution in [3.63, 3.8) is 0 Å². The smallest absolute Gasteiger partial charge is 0.203 e. The Labute approximate surface area is 121 Å². The van der Waals surface area contributed by atoms with E-state index in [1.807, 2.05) is 0 Å². The van der Waals surface area contributed by atoms with Gasteiger partial charge in [-0.2, -0.15) is 0 Å². The number of nitrogens with one attached hydrogen (secondary N) is 1. The molecule has 0 saturated heterocycles. The van der Waals surface area contributed by atoms with Gasteiger partial charge >= 0.3 is 0 Å². The lowest BCUT2D eigenvalue weighted by Gasteiger charge is -2.18. The Hall–Kier alpha value is -1.77. The van der Waals surface area contributed by atoms with E-state index in [0.717, 1.165) is 18.2 Å². The molecule has 3 heteroatoms. The molecule has 1 aliphatic carbocycles. The van der Waals surface area contributed by atoms with Crippen LogP contribution >= 0.6 is 0 Å². The molecule has 0 fully saturated rings. The average Bonchev–Trinajstić information content (AvgIpc) is 2.99. The van der Waals surface area contributed by atoms with E-state index < -0.39 is 0 Å². The number of hydrogen-bond donors (Lipinski definition) is 1. The van der Waals surface area contributed by atoms with E-state index in [-0.39, 0.29) is 0 Å². The summed E-state index contributed by atoms with van der Waals surface area (Å²) < 4.78 is 2.32. The number of nitrogens with zero attached hydrogens (tertiary/aromatic N) is 2. The third-order valence-electron chi connectivity index (χ3n) is 3.96. The van der Waals surface area contributed by atoms with Crippen LogP contribution in [-0.2, 0) is 6.42 Å². The van der Waals surface area contributed by atoms with Crippen molar-refractivity contribution in [2.75, 3.05) is 11.9 Å². The van der Waals surface area contributed by atoms with Crippen LogP contribution in [0.5, 0.6) is 0 Å². The second kappa shape index (κ2) is 5.31. The Morgan fingerprint density at radius 1 is 1.35 bits per heavy atom. The fourth-order valence-electron chi connectivity index (χ4n) is 3.00. The van der Waals surface area contributed by atoms with Gasteiger partial charge in [-0.15, -0.1) is 0 Å². The number of benzene rings is 1. The lowest BCUT2D eigenvalue weighted by atomic mass is 10.1. The number of aryl methyl sites for hydroxylation is 2. The third kappa shape index (κ3) is 2.45. The zero-order valence-corrected chi connectivity index (χ0v) is 12.6. The van der Waals surface area contributed by atoms with Gasteiger partial charge in [-0.05, 0) is 36.8 Å². The summed E-state index contributed by atoms with van der Waals surface area (Å²) in [5.74, 6) is 1.63. The summed E-state index contributed by atoms with van der Waals surface area (Å²) in [5.41, 5.74) is 4.02. The van der Waals surface area contributed by atoms with Crippen molar-refractivity contribution in [3.8, 4) is 0 Å². The fraction of sp³-hybridized carbons (Fsp3) is 0.471. The molecule has 20 heavy (non-hydrogen) atoms. The van der Waals surface area contributed by atoms with Crippen LogP contribution < -0.4 is 5.32 Å². The van der Waals surface area contributed by atoms with Crippen LogP contribution in [0.15, 0.2) is 30.5 Å². The molecular weight excluding hydrogens is 246 g/mol. The summed E-state index contributed by atoms with van der Waals surface area (Å²) in [4.78, 5) is 4.65. The monoisotopic (exact) mass is 269 g/mol. The van der Waals surface area contributed by atoms with Crippen LogP contribution in [0.3, 0.4) is 0 Å². The molecule has 1 aromatic heterocycles. The van der Waals surface area contributed by atoms with Gasteiger partial charge in [0, 0.05) is 12.7 Å². The lowest BCUT2D eigenvalue weighted by Crippen LogP contribution is -2.15. The summed E-state index contributed by atoms with van der Waals surface area (Å²) in [7, 11) is 0. The molecular formula is C17H23N3. The first kappa shape index (κ1) is 13.2. The van der Waals surface area contributed by atoms with E-state index in [0.29, 0.717) is 12.0 Å². The van der Waals surface area contributed by atoms with E-state index >= 15 is 0 Å². The molecule has 1 aliphatic rings. The molecule has 0 aliphatic heterocycles. The van der Waals surface area contributed by atoms with E-state index in [4.69, 9.17) is 0 Å². The third-order valence-corrected chi connectivity index (χ3v) is 3.96. The number of hydrogen-bond acceptors (Lipinski definition) is 2. The molecule has 0 bridgehead atoms. The van der Waals surface area contributed by atoms with Gasteiger partial charge in [-0.3, -0.25) is 0 Å². The molecule has 1 heterocycles. The van der Waals surface area contributed by atoms with Gasteiger partial charge in [0.1, 0.15) is 0 Å². The maximum absolute atomic E-state index is 4.65. The van der Waals surface area contributed by atoms with E-state index in [9.17, 15) is 0 Å². The largest absolute Gasteiger partial charge is 0.355 e. The van der Waals surface area contributed by atoms with Gasteiger partial charge in [0.05, 0.1) is 11.7 Å². The van der Waals surface area contributed by atoms with Gasteiger partial charge in [0.15, 0.2) is 0 Å².